The monoisotopic (exact) mass is 784 g/mol. The number of β-amino-alcohol motifs (C(OH)–C–C–N with tert-alkyl or cyclic N) is 1. The molecule has 12 nitrogen and oxygen atoms in total. The van der Waals surface area contributed by atoms with Crippen LogP contribution in [0.15, 0.2) is 72.0 Å². The Hall–Kier alpha value is -4.45. The molecular weight excluding hydrogens is 757 g/mol. The van der Waals surface area contributed by atoms with Gasteiger partial charge in [0.05, 0.1) is 33.4 Å². The van der Waals surface area contributed by atoms with Crippen molar-refractivity contribution in [1.82, 2.24) is 29.3 Å². The number of carbonyl (C=O) groups is 1. The minimum absolute atomic E-state index is 0.0159. The molecule has 2 aliphatic heterocycles. The van der Waals surface area contributed by atoms with Crippen molar-refractivity contribution in [3.63, 3.8) is 0 Å². The predicted octanol–water partition coefficient (Wildman–Crippen LogP) is 6.44. The lowest BCUT2D eigenvalue weighted by molar-refractivity contribution is 0.0388. The maximum absolute atomic E-state index is 15.8. The van der Waals surface area contributed by atoms with Crippen LogP contribution in [0.1, 0.15) is 23.2 Å². The Morgan fingerprint density at radius 3 is 2.56 bits per heavy atom. The zero-order chi connectivity index (χ0) is 36.3. The van der Waals surface area contributed by atoms with Gasteiger partial charge in [-0.1, -0.05) is 58.8 Å². The first kappa shape index (κ1) is 34.6. The lowest BCUT2D eigenvalue weighted by Crippen LogP contribution is -2.56. The van der Waals surface area contributed by atoms with Crippen LogP contribution in [0.2, 0.25) is 10.0 Å². The number of carbonyl (C=O) groups excluding carboxylic acids is 1. The molecule has 3 aromatic carbocycles. The summed E-state index contributed by atoms with van der Waals surface area (Å²) in [4.78, 5) is 31.6. The number of piperazine rings is 1. The highest BCUT2D eigenvalue weighted by atomic mass is 35.5. The molecule has 2 fully saturated rings. The first-order valence-corrected chi connectivity index (χ1v) is 19.2. The van der Waals surface area contributed by atoms with Crippen molar-refractivity contribution in [2.75, 3.05) is 36.3 Å². The number of hydrogen-bond donors (Lipinski definition) is 3. The Kier molecular flexibility index (Phi) is 9.00. The number of aliphatic hydroxyl groups is 1. The zero-order valence-electron chi connectivity index (χ0n) is 26.9. The topological polar surface area (TPSA) is 146 Å². The number of para-hydroxylation sites is 1. The number of amides is 1. The molecule has 52 heavy (non-hydrogen) atoms. The van der Waals surface area contributed by atoms with E-state index < -0.39 is 33.0 Å². The molecule has 3 aromatic heterocycles. The Morgan fingerprint density at radius 2 is 1.79 bits per heavy atom. The van der Waals surface area contributed by atoms with E-state index in [0.717, 1.165) is 35.9 Å². The van der Waals surface area contributed by atoms with E-state index >= 15 is 8.78 Å². The number of fused-ring (bicyclic) bond motifs is 4. The number of rotatable bonds is 9. The quantitative estimate of drug-likeness (QED) is 0.151. The Morgan fingerprint density at radius 1 is 1.02 bits per heavy atom. The summed E-state index contributed by atoms with van der Waals surface area (Å²) in [6.45, 7) is 2.07. The van der Waals surface area contributed by atoms with Gasteiger partial charge in [0.25, 0.3) is 15.9 Å². The average Bonchev–Trinajstić information content (AvgIpc) is 3.81. The lowest BCUT2D eigenvalue weighted by Gasteiger charge is -2.40. The van der Waals surface area contributed by atoms with E-state index in [-0.39, 0.29) is 50.9 Å². The molecule has 5 heterocycles. The molecule has 8 rings (SSSR count). The number of nitrogens with zero attached hydrogens (tertiary/aromatic N) is 6. The van der Waals surface area contributed by atoms with E-state index in [2.05, 4.69) is 24.9 Å². The van der Waals surface area contributed by atoms with Crippen molar-refractivity contribution in [2.45, 2.75) is 29.8 Å². The second-order valence-electron chi connectivity index (χ2n) is 12.4. The fourth-order valence-electron chi connectivity index (χ4n) is 6.99. The lowest BCUT2D eigenvalue weighted by atomic mass is 10.1. The molecule has 2 bridgehead atoms. The standard InChI is InChI=1S/C34H28Cl2F2N8O4S2/c35-22-5-3-7-26(27(22)36)52(49,50)43-24-11-10-23(37)29(28(24)38)41-31-30-32(40-17-39-31)51-34(42-30)45-16-21(20-4-1-2-6-25(20)45)33(48)46-18-8-9-19(46)15-44(14-18)12-13-47/h1-7,10-11,16-19,43,47H,8-9,12-15H2,(H,39,40,41). The predicted molar refractivity (Wildman–Crippen MR) is 195 cm³/mol. The van der Waals surface area contributed by atoms with Gasteiger partial charge in [-0.25, -0.2) is 32.2 Å². The van der Waals surface area contributed by atoms with Crippen molar-refractivity contribution in [1.29, 1.82) is 0 Å². The summed E-state index contributed by atoms with van der Waals surface area (Å²) in [5.74, 6) is -2.37. The van der Waals surface area contributed by atoms with Crippen LogP contribution in [0.3, 0.4) is 0 Å². The van der Waals surface area contributed by atoms with Crippen LogP contribution >= 0.6 is 34.5 Å². The van der Waals surface area contributed by atoms with Gasteiger partial charge in [0.15, 0.2) is 21.6 Å². The SMILES string of the molecule is O=C(c1cn(-c2nc3c(Nc4c(F)ccc(NS(=O)(=O)c5cccc(Cl)c5Cl)c4F)ncnc3s2)c2ccccc12)N1C2CCC1CN(CCO)C2. The van der Waals surface area contributed by atoms with Crippen LogP contribution in [0.4, 0.5) is 26.0 Å². The molecule has 2 aliphatic rings. The maximum atomic E-state index is 15.8. The molecular formula is C34H28Cl2F2N8O4S2. The normalized spacial score (nSPS) is 17.7. The second-order valence-corrected chi connectivity index (χ2v) is 15.8. The van der Waals surface area contributed by atoms with E-state index in [1.807, 2.05) is 29.2 Å². The first-order chi connectivity index (χ1) is 25.0. The van der Waals surface area contributed by atoms with Crippen molar-refractivity contribution in [3.8, 4) is 5.13 Å². The van der Waals surface area contributed by atoms with Gasteiger partial charge in [-0.2, -0.15) is 0 Å². The van der Waals surface area contributed by atoms with E-state index in [9.17, 15) is 18.3 Å². The highest BCUT2D eigenvalue weighted by Crippen LogP contribution is 2.38. The highest BCUT2D eigenvalue weighted by Gasteiger charge is 2.43. The van der Waals surface area contributed by atoms with Crippen LogP contribution in [0.5, 0.6) is 0 Å². The van der Waals surface area contributed by atoms with Gasteiger partial charge >= 0.3 is 0 Å². The number of aromatic nitrogens is 4. The van der Waals surface area contributed by atoms with Gasteiger partial charge in [-0.3, -0.25) is 19.0 Å². The number of nitrogens with one attached hydrogen (secondary N) is 2. The van der Waals surface area contributed by atoms with Crippen molar-refractivity contribution in [2.24, 2.45) is 0 Å². The van der Waals surface area contributed by atoms with Crippen LogP contribution in [0, 0.1) is 11.6 Å². The number of likely N-dealkylation sites (tertiary alicyclic amines) is 1. The minimum Gasteiger partial charge on any atom is -0.395 e. The second kappa shape index (κ2) is 13.5. The number of aliphatic hydroxyl groups excluding tert-OH is 1. The smallest absolute Gasteiger partial charge is 0.263 e. The van der Waals surface area contributed by atoms with Crippen LogP contribution < -0.4 is 10.0 Å². The summed E-state index contributed by atoms with van der Waals surface area (Å²) in [6.07, 6.45) is 4.77. The molecule has 268 valence electrons. The van der Waals surface area contributed by atoms with Crippen molar-refractivity contribution >= 4 is 88.9 Å². The molecule has 1 amide bonds. The fraction of sp³-hybridized carbons (Fsp3) is 0.235. The summed E-state index contributed by atoms with van der Waals surface area (Å²) in [6, 6.07) is 13.4. The summed E-state index contributed by atoms with van der Waals surface area (Å²) in [7, 11) is -4.42. The van der Waals surface area contributed by atoms with E-state index in [4.69, 9.17) is 28.2 Å². The summed E-state index contributed by atoms with van der Waals surface area (Å²) >= 11 is 13.3. The van der Waals surface area contributed by atoms with Gasteiger partial charge < -0.3 is 15.3 Å². The molecule has 3 N–H and O–H groups in total. The molecule has 0 aliphatic carbocycles. The van der Waals surface area contributed by atoms with Crippen LogP contribution in [-0.2, 0) is 10.0 Å². The number of sulfonamides is 1. The summed E-state index contributed by atoms with van der Waals surface area (Å²) in [5.41, 5.74) is 0.218. The van der Waals surface area contributed by atoms with Crippen molar-refractivity contribution < 1.29 is 27.1 Å². The molecule has 6 aromatic rings. The third kappa shape index (κ3) is 6.02. The first-order valence-electron chi connectivity index (χ1n) is 16.1. The summed E-state index contributed by atoms with van der Waals surface area (Å²) in [5, 5.41) is 13.0. The van der Waals surface area contributed by atoms with Crippen LogP contribution in [-0.4, -0.2) is 87.1 Å². The number of benzene rings is 3. The van der Waals surface area contributed by atoms with Gasteiger partial charge in [0.2, 0.25) is 0 Å². The third-order valence-corrected chi connectivity index (χ3v) is 12.6. The van der Waals surface area contributed by atoms with E-state index in [1.165, 1.54) is 35.9 Å². The molecule has 18 heteroatoms. The van der Waals surface area contributed by atoms with Gasteiger partial charge in [0.1, 0.15) is 28.2 Å². The molecule has 2 saturated heterocycles. The molecule has 0 saturated carbocycles. The largest absolute Gasteiger partial charge is 0.395 e. The maximum Gasteiger partial charge on any atom is 0.263 e. The van der Waals surface area contributed by atoms with Gasteiger partial charge in [-0.15, -0.1) is 0 Å². The minimum atomic E-state index is -4.42. The van der Waals surface area contributed by atoms with Crippen molar-refractivity contribution in [3.05, 3.63) is 94.4 Å². The van der Waals surface area contributed by atoms with Gasteiger partial charge in [0, 0.05) is 43.3 Å². The number of hydrogen-bond acceptors (Lipinski definition) is 10. The average molecular weight is 786 g/mol. The van der Waals surface area contributed by atoms with Crippen LogP contribution in [0.25, 0.3) is 26.4 Å². The summed E-state index contributed by atoms with van der Waals surface area (Å²) < 4.78 is 61.1. The molecule has 0 radical (unpaired) electrons. The molecule has 0 spiro atoms. The highest BCUT2D eigenvalue weighted by molar-refractivity contribution is 7.92. The number of thiazole rings is 1. The zero-order valence-corrected chi connectivity index (χ0v) is 30.1. The third-order valence-electron chi connectivity index (χ3n) is 9.33. The number of anilines is 3. The molecule has 2 unspecified atom stereocenters. The van der Waals surface area contributed by atoms with E-state index in [1.54, 1.807) is 10.8 Å². The number of halogens is 4. The van der Waals surface area contributed by atoms with Gasteiger partial charge in [-0.05, 0) is 43.2 Å². The Balaban J connectivity index is 1.12. The Labute approximate surface area is 309 Å². The fourth-order valence-corrected chi connectivity index (χ4v) is 9.71. The Bertz CT molecular complexity index is 2480. The van der Waals surface area contributed by atoms with E-state index in [0.29, 0.717) is 35.2 Å². The molecule has 2 atom stereocenters.